The lowest BCUT2D eigenvalue weighted by Crippen LogP contribution is -2.01. The van der Waals surface area contributed by atoms with Crippen molar-refractivity contribution in [2.24, 2.45) is 0 Å². The highest BCUT2D eigenvalue weighted by Gasteiger charge is 2.08. The van der Waals surface area contributed by atoms with Gasteiger partial charge in [0.05, 0.1) is 11.6 Å². The SMILES string of the molecule is CNc1nc(Nc2ccccc2)c2cn[nH]c2n1. The van der Waals surface area contributed by atoms with Crippen LogP contribution in [0.2, 0.25) is 0 Å². The van der Waals surface area contributed by atoms with E-state index in [0.29, 0.717) is 11.6 Å². The van der Waals surface area contributed by atoms with Crippen LogP contribution < -0.4 is 10.6 Å². The molecular weight excluding hydrogens is 228 g/mol. The van der Waals surface area contributed by atoms with Crippen molar-refractivity contribution in [2.75, 3.05) is 17.7 Å². The predicted molar refractivity (Wildman–Crippen MR) is 71.0 cm³/mol. The summed E-state index contributed by atoms with van der Waals surface area (Å²) in [6, 6.07) is 9.86. The maximum atomic E-state index is 4.39. The molecule has 0 amide bonds. The van der Waals surface area contributed by atoms with Gasteiger partial charge in [0.1, 0.15) is 5.82 Å². The normalized spacial score (nSPS) is 10.5. The van der Waals surface area contributed by atoms with Gasteiger partial charge in [-0.25, -0.2) is 0 Å². The van der Waals surface area contributed by atoms with Gasteiger partial charge in [-0.05, 0) is 12.1 Å². The van der Waals surface area contributed by atoms with E-state index in [4.69, 9.17) is 0 Å². The van der Waals surface area contributed by atoms with Gasteiger partial charge >= 0.3 is 0 Å². The zero-order valence-corrected chi connectivity index (χ0v) is 9.81. The highest BCUT2D eigenvalue weighted by Crippen LogP contribution is 2.23. The smallest absolute Gasteiger partial charge is 0.226 e. The molecule has 6 heteroatoms. The molecule has 6 nitrogen and oxygen atoms in total. The standard InChI is InChI=1S/C12H12N6/c1-13-12-16-10(9-7-14-18-11(9)17-12)15-8-5-3-2-4-6-8/h2-7H,1H3,(H3,13,14,15,16,17,18). The molecule has 0 radical (unpaired) electrons. The Labute approximate surface area is 103 Å². The number of nitrogens with one attached hydrogen (secondary N) is 3. The Morgan fingerprint density at radius 2 is 1.94 bits per heavy atom. The molecule has 2 heterocycles. The summed E-state index contributed by atoms with van der Waals surface area (Å²) in [4.78, 5) is 8.67. The van der Waals surface area contributed by atoms with Crippen molar-refractivity contribution in [1.29, 1.82) is 0 Å². The predicted octanol–water partition coefficient (Wildman–Crippen LogP) is 2.14. The van der Waals surface area contributed by atoms with Crippen molar-refractivity contribution in [1.82, 2.24) is 20.2 Å². The quantitative estimate of drug-likeness (QED) is 0.653. The molecule has 0 saturated heterocycles. The molecule has 0 aliphatic rings. The van der Waals surface area contributed by atoms with Gasteiger partial charge in [0.15, 0.2) is 5.65 Å². The van der Waals surface area contributed by atoms with Crippen LogP contribution in [0.5, 0.6) is 0 Å². The third kappa shape index (κ3) is 1.84. The fourth-order valence-electron chi connectivity index (χ4n) is 1.70. The van der Waals surface area contributed by atoms with Crippen LogP contribution in [0.15, 0.2) is 36.5 Å². The van der Waals surface area contributed by atoms with E-state index >= 15 is 0 Å². The Kier molecular flexibility index (Phi) is 2.53. The molecule has 0 aliphatic heterocycles. The second-order valence-electron chi connectivity index (χ2n) is 3.77. The van der Waals surface area contributed by atoms with Gasteiger partial charge in [-0.2, -0.15) is 15.1 Å². The number of hydrogen-bond acceptors (Lipinski definition) is 5. The van der Waals surface area contributed by atoms with Crippen molar-refractivity contribution >= 4 is 28.5 Å². The van der Waals surface area contributed by atoms with Gasteiger partial charge in [-0.3, -0.25) is 5.10 Å². The molecule has 0 unspecified atom stereocenters. The number of H-pyrrole nitrogens is 1. The lowest BCUT2D eigenvalue weighted by atomic mass is 10.3. The van der Waals surface area contributed by atoms with E-state index < -0.39 is 0 Å². The zero-order chi connectivity index (χ0) is 12.4. The fraction of sp³-hybridized carbons (Fsp3) is 0.0833. The molecule has 0 saturated carbocycles. The largest absolute Gasteiger partial charge is 0.357 e. The Morgan fingerprint density at radius 3 is 2.72 bits per heavy atom. The van der Waals surface area contributed by atoms with Crippen LogP contribution in [-0.2, 0) is 0 Å². The number of benzene rings is 1. The summed E-state index contributed by atoms with van der Waals surface area (Å²) < 4.78 is 0. The molecule has 0 atom stereocenters. The summed E-state index contributed by atoms with van der Waals surface area (Å²) in [5.41, 5.74) is 1.67. The van der Waals surface area contributed by atoms with E-state index in [2.05, 4.69) is 30.8 Å². The number of anilines is 3. The highest BCUT2D eigenvalue weighted by atomic mass is 15.2. The number of aromatic nitrogens is 4. The number of hydrogen-bond donors (Lipinski definition) is 3. The summed E-state index contributed by atoms with van der Waals surface area (Å²) in [5, 5.41) is 13.9. The Bertz CT molecular complexity index is 661. The van der Waals surface area contributed by atoms with E-state index in [-0.39, 0.29) is 0 Å². The van der Waals surface area contributed by atoms with Gasteiger partial charge in [0.2, 0.25) is 5.95 Å². The summed E-state index contributed by atoms with van der Waals surface area (Å²) in [7, 11) is 1.78. The van der Waals surface area contributed by atoms with Crippen molar-refractivity contribution < 1.29 is 0 Å². The van der Waals surface area contributed by atoms with Gasteiger partial charge in [-0.15, -0.1) is 0 Å². The molecule has 0 aliphatic carbocycles. The minimum absolute atomic E-state index is 0.546. The molecule has 1 aromatic carbocycles. The maximum Gasteiger partial charge on any atom is 0.226 e. The van der Waals surface area contributed by atoms with Crippen LogP contribution in [0.25, 0.3) is 11.0 Å². The monoisotopic (exact) mass is 240 g/mol. The first-order valence-electron chi connectivity index (χ1n) is 5.58. The fourth-order valence-corrected chi connectivity index (χ4v) is 1.70. The third-order valence-electron chi connectivity index (χ3n) is 2.57. The topological polar surface area (TPSA) is 78.5 Å². The number of aromatic amines is 1. The summed E-state index contributed by atoms with van der Waals surface area (Å²) in [6.07, 6.45) is 1.71. The second-order valence-corrected chi connectivity index (χ2v) is 3.77. The molecule has 2 aromatic heterocycles. The van der Waals surface area contributed by atoms with E-state index in [1.165, 1.54) is 0 Å². The molecule has 0 spiro atoms. The van der Waals surface area contributed by atoms with Crippen molar-refractivity contribution in [2.45, 2.75) is 0 Å². The molecule has 0 bridgehead atoms. The van der Waals surface area contributed by atoms with E-state index in [1.54, 1.807) is 13.2 Å². The third-order valence-corrected chi connectivity index (χ3v) is 2.57. The van der Waals surface area contributed by atoms with Crippen LogP contribution in [-0.4, -0.2) is 27.2 Å². The van der Waals surface area contributed by atoms with E-state index in [1.807, 2.05) is 30.3 Å². The molecule has 3 N–H and O–H groups in total. The van der Waals surface area contributed by atoms with Crippen LogP contribution >= 0.6 is 0 Å². The molecule has 3 rings (SSSR count). The molecule has 0 fully saturated rings. The van der Waals surface area contributed by atoms with Gasteiger partial charge in [0, 0.05) is 12.7 Å². The first kappa shape index (κ1) is 10.5. The van der Waals surface area contributed by atoms with Crippen LogP contribution in [0.3, 0.4) is 0 Å². The molecule has 3 aromatic rings. The molecular formula is C12H12N6. The van der Waals surface area contributed by atoms with Crippen LogP contribution in [0.1, 0.15) is 0 Å². The second kappa shape index (κ2) is 4.33. The highest BCUT2D eigenvalue weighted by molar-refractivity contribution is 5.88. The Morgan fingerprint density at radius 1 is 1.11 bits per heavy atom. The van der Waals surface area contributed by atoms with Crippen LogP contribution in [0.4, 0.5) is 17.5 Å². The summed E-state index contributed by atoms with van der Waals surface area (Å²) in [5.74, 6) is 1.27. The van der Waals surface area contributed by atoms with Crippen LogP contribution in [0, 0.1) is 0 Å². The summed E-state index contributed by atoms with van der Waals surface area (Å²) in [6.45, 7) is 0. The van der Waals surface area contributed by atoms with E-state index in [9.17, 15) is 0 Å². The lowest BCUT2D eigenvalue weighted by Gasteiger charge is -2.07. The zero-order valence-electron chi connectivity index (χ0n) is 9.81. The van der Waals surface area contributed by atoms with Gasteiger partial charge < -0.3 is 10.6 Å². The van der Waals surface area contributed by atoms with Gasteiger partial charge in [0.25, 0.3) is 0 Å². The van der Waals surface area contributed by atoms with Gasteiger partial charge in [-0.1, -0.05) is 18.2 Å². The minimum Gasteiger partial charge on any atom is -0.357 e. The average molecular weight is 240 g/mol. The first-order valence-corrected chi connectivity index (χ1v) is 5.58. The number of fused-ring (bicyclic) bond motifs is 1. The van der Waals surface area contributed by atoms with Crippen molar-refractivity contribution in [3.63, 3.8) is 0 Å². The Balaban J connectivity index is 2.07. The Hall–Kier alpha value is -2.63. The molecule has 90 valence electrons. The number of nitrogens with zero attached hydrogens (tertiary/aromatic N) is 3. The van der Waals surface area contributed by atoms with Crippen molar-refractivity contribution in [3.05, 3.63) is 36.5 Å². The first-order chi connectivity index (χ1) is 8.86. The lowest BCUT2D eigenvalue weighted by molar-refractivity contribution is 1.09. The minimum atomic E-state index is 0.546. The maximum absolute atomic E-state index is 4.39. The molecule has 18 heavy (non-hydrogen) atoms. The summed E-state index contributed by atoms with van der Waals surface area (Å²) >= 11 is 0. The number of rotatable bonds is 3. The average Bonchev–Trinajstić information content (AvgIpc) is 2.88. The number of para-hydroxylation sites is 1. The van der Waals surface area contributed by atoms with E-state index in [0.717, 1.165) is 16.9 Å². The van der Waals surface area contributed by atoms with Crippen molar-refractivity contribution in [3.8, 4) is 0 Å².